The van der Waals surface area contributed by atoms with Gasteiger partial charge in [-0.25, -0.2) is 0 Å². The topological polar surface area (TPSA) is 12.0 Å². The highest BCUT2D eigenvalue weighted by molar-refractivity contribution is 5.52. The van der Waals surface area contributed by atoms with Crippen LogP contribution in [0.5, 0.6) is 0 Å². The number of rotatable bonds is 5. The first-order chi connectivity index (χ1) is 8.28. The zero-order chi connectivity index (χ0) is 13.8. The van der Waals surface area contributed by atoms with Crippen molar-refractivity contribution in [3.63, 3.8) is 0 Å². The summed E-state index contributed by atoms with van der Waals surface area (Å²) in [7, 11) is 0. The molecule has 1 atom stereocenters. The molecule has 0 aliphatic heterocycles. The quantitative estimate of drug-likeness (QED) is 0.798. The zero-order valence-corrected chi connectivity index (χ0v) is 11.1. The van der Waals surface area contributed by atoms with E-state index in [-0.39, 0.29) is 12.5 Å². The van der Waals surface area contributed by atoms with Gasteiger partial charge in [0.15, 0.2) is 0 Å². The van der Waals surface area contributed by atoms with Crippen LogP contribution in [-0.2, 0) is 0 Å². The Morgan fingerprint density at radius 1 is 1.22 bits per heavy atom. The van der Waals surface area contributed by atoms with E-state index < -0.39 is 12.6 Å². The lowest BCUT2D eigenvalue weighted by atomic mass is 10.1. The van der Waals surface area contributed by atoms with Crippen LogP contribution in [0.3, 0.4) is 0 Å². The van der Waals surface area contributed by atoms with Gasteiger partial charge in [0, 0.05) is 18.2 Å². The molecule has 0 aromatic heterocycles. The van der Waals surface area contributed by atoms with Crippen LogP contribution in [0.25, 0.3) is 0 Å². The first kappa shape index (κ1) is 14.9. The predicted molar refractivity (Wildman–Crippen MR) is 68.9 cm³/mol. The van der Waals surface area contributed by atoms with Crippen LogP contribution in [0.15, 0.2) is 18.2 Å². The zero-order valence-electron chi connectivity index (χ0n) is 11.1. The summed E-state index contributed by atoms with van der Waals surface area (Å²) in [5.41, 5.74) is 3.31. The average Bonchev–Trinajstić information content (AvgIpc) is 2.20. The Bertz CT molecular complexity index is 385. The molecular weight excluding hydrogens is 239 g/mol. The van der Waals surface area contributed by atoms with Crippen molar-refractivity contribution >= 4 is 5.69 Å². The lowest BCUT2D eigenvalue weighted by molar-refractivity contribution is -0.135. The number of alkyl halides is 3. The molecule has 1 rings (SSSR count). The van der Waals surface area contributed by atoms with E-state index in [2.05, 4.69) is 11.4 Å². The van der Waals surface area contributed by atoms with Gasteiger partial charge in [-0.2, -0.15) is 13.2 Å². The second-order valence-electron chi connectivity index (χ2n) is 4.87. The summed E-state index contributed by atoms with van der Waals surface area (Å²) >= 11 is 0. The number of anilines is 1. The van der Waals surface area contributed by atoms with Crippen LogP contribution in [0.2, 0.25) is 0 Å². The van der Waals surface area contributed by atoms with E-state index >= 15 is 0 Å². The van der Waals surface area contributed by atoms with Crippen molar-refractivity contribution in [1.82, 2.24) is 0 Å². The van der Waals surface area contributed by atoms with E-state index in [0.29, 0.717) is 6.42 Å². The molecule has 1 nitrogen and oxygen atoms in total. The molecule has 0 heterocycles. The van der Waals surface area contributed by atoms with E-state index in [1.54, 1.807) is 0 Å². The monoisotopic (exact) mass is 259 g/mol. The summed E-state index contributed by atoms with van der Waals surface area (Å²) in [5.74, 6) is 0. The van der Waals surface area contributed by atoms with Crippen LogP contribution in [0, 0.1) is 13.8 Å². The summed E-state index contributed by atoms with van der Waals surface area (Å²) < 4.78 is 36.1. The number of benzene rings is 1. The summed E-state index contributed by atoms with van der Waals surface area (Å²) in [6, 6.07) is 6.08. The Hall–Kier alpha value is -1.19. The SMILES string of the molecule is Cc1ccc(NC(C)CCCC(F)(F)F)c(C)c1. The molecule has 0 fully saturated rings. The molecule has 0 bridgehead atoms. The molecule has 0 aliphatic carbocycles. The number of halogens is 3. The molecule has 0 amide bonds. The minimum Gasteiger partial charge on any atom is -0.382 e. The maximum absolute atomic E-state index is 12.0. The molecule has 0 saturated heterocycles. The summed E-state index contributed by atoms with van der Waals surface area (Å²) in [6.45, 7) is 5.93. The average molecular weight is 259 g/mol. The maximum atomic E-state index is 12.0. The van der Waals surface area contributed by atoms with Crippen molar-refractivity contribution in [2.24, 2.45) is 0 Å². The minimum absolute atomic E-state index is 0.0498. The lowest BCUT2D eigenvalue weighted by Crippen LogP contribution is -2.17. The van der Waals surface area contributed by atoms with E-state index in [1.165, 1.54) is 5.56 Å². The summed E-state index contributed by atoms with van der Waals surface area (Å²) in [4.78, 5) is 0. The first-order valence-electron chi connectivity index (χ1n) is 6.18. The van der Waals surface area contributed by atoms with Gasteiger partial charge >= 0.3 is 6.18 Å². The molecule has 102 valence electrons. The van der Waals surface area contributed by atoms with Gasteiger partial charge < -0.3 is 5.32 Å². The van der Waals surface area contributed by atoms with Gasteiger partial charge in [-0.3, -0.25) is 0 Å². The van der Waals surface area contributed by atoms with E-state index in [0.717, 1.165) is 11.3 Å². The molecule has 0 spiro atoms. The third-order valence-electron chi connectivity index (χ3n) is 2.88. The molecule has 0 radical (unpaired) electrons. The molecule has 1 aromatic rings. The van der Waals surface area contributed by atoms with Crippen LogP contribution in [0.4, 0.5) is 18.9 Å². The fourth-order valence-corrected chi connectivity index (χ4v) is 1.92. The lowest BCUT2D eigenvalue weighted by Gasteiger charge is -2.17. The molecular formula is C14H20F3N. The third-order valence-corrected chi connectivity index (χ3v) is 2.88. The smallest absolute Gasteiger partial charge is 0.382 e. The maximum Gasteiger partial charge on any atom is 0.389 e. The van der Waals surface area contributed by atoms with Gasteiger partial charge in [0.2, 0.25) is 0 Å². The van der Waals surface area contributed by atoms with Crippen molar-refractivity contribution < 1.29 is 13.2 Å². The second kappa shape index (κ2) is 6.12. The van der Waals surface area contributed by atoms with Crippen molar-refractivity contribution in [3.05, 3.63) is 29.3 Å². The standard InChI is InChI=1S/C14H20F3N/c1-10-6-7-13(11(2)9-10)18-12(3)5-4-8-14(15,16)17/h6-7,9,12,18H,4-5,8H2,1-3H3. The van der Waals surface area contributed by atoms with Gasteiger partial charge in [-0.1, -0.05) is 17.7 Å². The number of aryl methyl sites for hydroxylation is 2. The van der Waals surface area contributed by atoms with E-state index in [4.69, 9.17) is 0 Å². The fraction of sp³-hybridized carbons (Fsp3) is 0.571. The van der Waals surface area contributed by atoms with Crippen LogP contribution >= 0.6 is 0 Å². The van der Waals surface area contributed by atoms with Crippen molar-refractivity contribution in [1.29, 1.82) is 0 Å². The van der Waals surface area contributed by atoms with Crippen molar-refractivity contribution in [2.45, 2.75) is 52.3 Å². The van der Waals surface area contributed by atoms with E-state index in [9.17, 15) is 13.2 Å². The van der Waals surface area contributed by atoms with Crippen molar-refractivity contribution in [3.8, 4) is 0 Å². The number of hydrogen-bond donors (Lipinski definition) is 1. The van der Waals surface area contributed by atoms with E-state index in [1.807, 2.05) is 32.9 Å². The van der Waals surface area contributed by atoms with Gasteiger partial charge in [-0.15, -0.1) is 0 Å². The van der Waals surface area contributed by atoms with Crippen LogP contribution in [0.1, 0.15) is 37.3 Å². The molecule has 4 heteroatoms. The summed E-state index contributed by atoms with van der Waals surface area (Å²) in [5, 5.41) is 3.26. The second-order valence-corrected chi connectivity index (χ2v) is 4.87. The molecule has 18 heavy (non-hydrogen) atoms. The Balaban J connectivity index is 2.42. The Morgan fingerprint density at radius 2 is 1.89 bits per heavy atom. The van der Waals surface area contributed by atoms with Gasteiger partial charge in [-0.05, 0) is 45.2 Å². The molecule has 1 N–H and O–H groups in total. The number of nitrogens with one attached hydrogen (secondary N) is 1. The molecule has 0 aliphatic rings. The number of hydrogen-bond acceptors (Lipinski definition) is 1. The Labute approximate surface area is 106 Å². The highest BCUT2D eigenvalue weighted by Crippen LogP contribution is 2.24. The Morgan fingerprint density at radius 3 is 2.44 bits per heavy atom. The van der Waals surface area contributed by atoms with Crippen LogP contribution < -0.4 is 5.32 Å². The molecule has 0 saturated carbocycles. The highest BCUT2D eigenvalue weighted by atomic mass is 19.4. The normalized spacial score (nSPS) is 13.4. The Kier molecular flexibility index (Phi) is 5.05. The van der Waals surface area contributed by atoms with Gasteiger partial charge in [0.1, 0.15) is 0 Å². The third kappa shape index (κ3) is 5.43. The highest BCUT2D eigenvalue weighted by Gasteiger charge is 2.26. The fourth-order valence-electron chi connectivity index (χ4n) is 1.92. The minimum atomic E-state index is -4.04. The summed E-state index contributed by atoms with van der Waals surface area (Å²) in [6.07, 6.45) is -4.05. The largest absolute Gasteiger partial charge is 0.389 e. The van der Waals surface area contributed by atoms with Gasteiger partial charge in [0.25, 0.3) is 0 Å². The molecule has 1 unspecified atom stereocenters. The molecule has 1 aromatic carbocycles. The first-order valence-corrected chi connectivity index (χ1v) is 6.18. The van der Waals surface area contributed by atoms with Crippen LogP contribution in [-0.4, -0.2) is 12.2 Å². The predicted octanol–water partition coefficient (Wildman–Crippen LogP) is 4.84. The van der Waals surface area contributed by atoms with Crippen molar-refractivity contribution in [2.75, 3.05) is 5.32 Å². The van der Waals surface area contributed by atoms with Gasteiger partial charge in [0.05, 0.1) is 0 Å².